The maximum atomic E-state index is 11.8. The summed E-state index contributed by atoms with van der Waals surface area (Å²) in [5, 5.41) is 6.66. The van der Waals surface area contributed by atoms with E-state index in [-0.39, 0.29) is 29.9 Å². The minimum atomic E-state index is 0. The first-order valence-corrected chi connectivity index (χ1v) is 10.2. The molecular formula is C23H31IN4O2. The molecule has 30 heavy (non-hydrogen) atoms. The second-order valence-electron chi connectivity index (χ2n) is 7.14. The predicted molar refractivity (Wildman–Crippen MR) is 131 cm³/mol. The first-order valence-electron chi connectivity index (χ1n) is 10.2. The van der Waals surface area contributed by atoms with E-state index in [0.29, 0.717) is 26.1 Å². The van der Waals surface area contributed by atoms with Gasteiger partial charge in [-0.2, -0.15) is 0 Å². The van der Waals surface area contributed by atoms with Gasteiger partial charge in [-0.05, 0) is 42.2 Å². The fourth-order valence-corrected chi connectivity index (χ4v) is 3.32. The van der Waals surface area contributed by atoms with Crippen molar-refractivity contribution in [2.45, 2.75) is 39.4 Å². The van der Waals surface area contributed by atoms with Gasteiger partial charge in [0, 0.05) is 32.6 Å². The van der Waals surface area contributed by atoms with Crippen LogP contribution in [0.3, 0.4) is 0 Å². The summed E-state index contributed by atoms with van der Waals surface area (Å²) < 4.78 is 5.27. The molecule has 2 N–H and O–H groups in total. The van der Waals surface area contributed by atoms with Gasteiger partial charge in [-0.3, -0.25) is 4.79 Å². The number of nitrogens with zero attached hydrogens (tertiary/aromatic N) is 2. The topological polar surface area (TPSA) is 66.0 Å². The van der Waals surface area contributed by atoms with Crippen molar-refractivity contribution in [1.82, 2.24) is 15.5 Å². The number of hydrogen-bond donors (Lipinski definition) is 2. The summed E-state index contributed by atoms with van der Waals surface area (Å²) in [7, 11) is 1.67. The maximum absolute atomic E-state index is 11.8. The molecule has 0 spiro atoms. The van der Waals surface area contributed by atoms with E-state index in [4.69, 9.17) is 4.74 Å². The average molecular weight is 522 g/mol. The second kappa shape index (κ2) is 12.4. The Morgan fingerprint density at radius 3 is 2.53 bits per heavy atom. The van der Waals surface area contributed by atoms with Crippen molar-refractivity contribution < 1.29 is 9.53 Å². The lowest BCUT2D eigenvalue weighted by Crippen LogP contribution is -2.36. The van der Waals surface area contributed by atoms with Crippen molar-refractivity contribution in [3.63, 3.8) is 0 Å². The standard InChI is InChI=1S/C23H30N4O2.HI/c1-3-24-23(26-16-20-6-4-7-21(14-20)29-2)25-15-18-9-11-19(12-10-18)17-27-13-5-8-22(27)28;/h4,6-7,9-12,14H,3,5,8,13,15-17H2,1-2H3,(H2,24,25,26);1H. The molecule has 0 bridgehead atoms. The molecule has 2 aromatic rings. The fraction of sp³-hybridized carbons (Fsp3) is 0.391. The summed E-state index contributed by atoms with van der Waals surface area (Å²) in [6, 6.07) is 16.4. The Hall–Kier alpha value is -2.29. The molecule has 0 aliphatic carbocycles. The molecule has 1 heterocycles. The third-order valence-electron chi connectivity index (χ3n) is 4.93. The first-order chi connectivity index (χ1) is 14.2. The van der Waals surface area contributed by atoms with Gasteiger partial charge in [-0.15, -0.1) is 24.0 Å². The zero-order valence-corrected chi connectivity index (χ0v) is 20.0. The number of amides is 1. The molecule has 1 amide bonds. The van der Waals surface area contributed by atoms with Gasteiger partial charge >= 0.3 is 0 Å². The highest BCUT2D eigenvalue weighted by atomic mass is 127. The Kier molecular flexibility index (Phi) is 9.93. The minimum absolute atomic E-state index is 0. The largest absolute Gasteiger partial charge is 0.497 e. The number of hydrogen-bond acceptors (Lipinski definition) is 3. The van der Waals surface area contributed by atoms with Gasteiger partial charge in [-0.25, -0.2) is 4.99 Å². The Morgan fingerprint density at radius 2 is 1.87 bits per heavy atom. The molecule has 162 valence electrons. The van der Waals surface area contributed by atoms with Crippen LogP contribution >= 0.6 is 24.0 Å². The number of aliphatic imine (C=N–C) groups is 1. The van der Waals surface area contributed by atoms with Crippen molar-refractivity contribution in [3.8, 4) is 5.75 Å². The van der Waals surface area contributed by atoms with Crippen molar-refractivity contribution in [1.29, 1.82) is 0 Å². The lowest BCUT2D eigenvalue weighted by molar-refractivity contribution is -0.128. The summed E-state index contributed by atoms with van der Waals surface area (Å²) in [4.78, 5) is 18.4. The molecule has 1 saturated heterocycles. The van der Waals surface area contributed by atoms with Crippen LogP contribution < -0.4 is 15.4 Å². The molecule has 6 nitrogen and oxygen atoms in total. The highest BCUT2D eigenvalue weighted by Crippen LogP contribution is 2.15. The lowest BCUT2D eigenvalue weighted by atomic mass is 10.1. The molecule has 1 fully saturated rings. The van der Waals surface area contributed by atoms with E-state index in [1.54, 1.807) is 7.11 Å². The van der Waals surface area contributed by atoms with Crippen molar-refractivity contribution in [3.05, 3.63) is 65.2 Å². The Morgan fingerprint density at radius 1 is 1.10 bits per heavy atom. The van der Waals surface area contributed by atoms with Crippen molar-refractivity contribution >= 4 is 35.8 Å². The number of halogens is 1. The monoisotopic (exact) mass is 522 g/mol. The smallest absolute Gasteiger partial charge is 0.222 e. The van der Waals surface area contributed by atoms with Gasteiger partial charge in [0.05, 0.1) is 13.7 Å². The summed E-state index contributed by atoms with van der Waals surface area (Å²) in [6.07, 6.45) is 1.66. The van der Waals surface area contributed by atoms with Gasteiger partial charge in [0.15, 0.2) is 5.96 Å². The average Bonchev–Trinajstić information content (AvgIpc) is 3.15. The van der Waals surface area contributed by atoms with Gasteiger partial charge in [0.25, 0.3) is 0 Å². The van der Waals surface area contributed by atoms with E-state index < -0.39 is 0 Å². The third kappa shape index (κ3) is 7.19. The molecular weight excluding hydrogens is 491 g/mol. The summed E-state index contributed by atoms with van der Waals surface area (Å²) >= 11 is 0. The number of carbonyl (C=O) groups excluding carboxylic acids is 1. The highest BCUT2D eigenvalue weighted by molar-refractivity contribution is 14.0. The van der Waals surface area contributed by atoms with Crippen LogP contribution in [-0.4, -0.2) is 37.0 Å². The molecule has 0 saturated carbocycles. The van der Waals surface area contributed by atoms with E-state index in [0.717, 1.165) is 36.8 Å². The highest BCUT2D eigenvalue weighted by Gasteiger charge is 2.19. The number of methoxy groups -OCH3 is 1. The number of ether oxygens (including phenoxy) is 1. The Balaban J connectivity index is 0.00000320. The molecule has 1 aliphatic heterocycles. The van der Waals surface area contributed by atoms with Gasteiger partial charge < -0.3 is 20.3 Å². The maximum Gasteiger partial charge on any atom is 0.222 e. The van der Waals surface area contributed by atoms with Crippen LogP contribution in [-0.2, 0) is 24.4 Å². The predicted octanol–water partition coefficient (Wildman–Crippen LogP) is 3.69. The van der Waals surface area contributed by atoms with E-state index >= 15 is 0 Å². The number of rotatable bonds is 8. The van der Waals surface area contributed by atoms with Crippen LogP contribution in [0.15, 0.2) is 53.5 Å². The molecule has 1 aliphatic rings. The Bertz CT molecular complexity index is 839. The zero-order valence-electron chi connectivity index (χ0n) is 17.7. The van der Waals surface area contributed by atoms with Gasteiger partial charge in [-0.1, -0.05) is 36.4 Å². The Labute approximate surface area is 196 Å². The zero-order chi connectivity index (χ0) is 20.5. The quantitative estimate of drug-likeness (QED) is 0.316. The molecule has 2 aromatic carbocycles. The van der Waals surface area contributed by atoms with Crippen LogP contribution in [0.4, 0.5) is 0 Å². The van der Waals surface area contributed by atoms with Crippen molar-refractivity contribution in [2.24, 2.45) is 4.99 Å². The molecule has 7 heteroatoms. The normalized spacial score (nSPS) is 13.7. The second-order valence-corrected chi connectivity index (χ2v) is 7.14. The lowest BCUT2D eigenvalue weighted by Gasteiger charge is -2.16. The van der Waals surface area contributed by atoms with Crippen LogP contribution in [0.2, 0.25) is 0 Å². The molecule has 0 unspecified atom stereocenters. The SMILES string of the molecule is CCNC(=NCc1cccc(OC)c1)NCc1ccc(CN2CCCC2=O)cc1.I. The van der Waals surface area contributed by atoms with Crippen LogP contribution in [0, 0.1) is 0 Å². The van der Waals surface area contributed by atoms with Crippen LogP contribution in [0.5, 0.6) is 5.75 Å². The summed E-state index contributed by atoms with van der Waals surface area (Å²) in [5.74, 6) is 1.88. The molecule has 0 aromatic heterocycles. The van der Waals surface area contributed by atoms with Crippen LogP contribution in [0.25, 0.3) is 0 Å². The third-order valence-corrected chi connectivity index (χ3v) is 4.93. The van der Waals surface area contributed by atoms with Crippen molar-refractivity contribution in [2.75, 3.05) is 20.2 Å². The first kappa shape index (κ1) is 24.0. The van der Waals surface area contributed by atoms with E-state index in [1.165, 1.54) is 11.1 Å². The molecule has 0 atom stereocenters. The van der Waals surface area contributed by atoms with Gasteiger partial charge in [0.1, 0.15) is 5.75 Å². The summed E-state index contributed by atoms with van der Waals surface area (Å²) in [5.41, 5.74) is 3.44. The summed E-state index contributed by atoms with van der Waals surface area (Å²) in [6.45, 7) is 5.70. The van der Waals surface area contributed by atoms with Gasteiger partial charge in [0.2, 0.25) is 5.91 Å². The molecule has 3 rings (SSSR count). The number of benzene rings is 2. The van der Waals surface area contributed by atoms with Crippen LogP contribution in [0.1, 0.15) is 36.5 Å². The number of guanidine groups is 1. The number of nitrogens with one attached hydrogen (secondary N) is 2. The number of carbonyl (C=O) groups is 1. The van der Waals surface area contributed by atoms with E-state index in [9.17, 15) is 4.79 Å². The molecule has 0 radical (unpaired) electrons. The number of likely N-dealkylation sites (tertiary alicyclic amines) is 1. The fourth-order valence-electron chi connectivity index (χ4n) is 3.32. The van der Waals surface area contributed by atoms with E-state index in [1.807, 2.05) is 29.2 Å². The minimum Gasteiger partial charge on any atom is -0.497 e. The van der Waals surface area contributed by atoms with E-state index in [2.05, 4.69) is 46.8 Å².